The Morgan fingerprint density at radius 3 is 2.71 bits per heavy atom. The Hall–Kier alpha value is -1.82. The van der Waals surface area contributed by atoms with Crippen molar-refractivity contribution in [3.63, 3.8) is 0 Å². The van der Waals surface area contributed by atoms with Crippen LogP contribution in [-0.2, 0) is 11.2 Å². The van der Waals surface area contributed by atoms with E-state index in [4.69, 9.17) is 4.74 Å². The molecule has 0 bridgehead atoms. The SMILES string of the molecule is CC(C)CCC(=O)N[C@H]1CC[C@H](CCN2CCN(c3nccc4c3OCC4)CC2)CC1. The Morgan fingerprint density at radius 1 is 1.19 bits per heavy atom. The molecule has 31 heavy (non-hydrogen) atoms. The largest absolute Gasteiger partial charge is 0.489 e. The number of rotatable bonds is 8. The maximum atomic E-state index is 12.1. The molecular formula is C25H40N4O2. The maximum absolute atomic E-state index is 12.1. The zero-order chi connectivity index (χ0) is 21.6. The van der Waals surface area contributed by atoms with Crippen LogP contribution in [-0.4, -0.2) is 61.2 Å². The van der Waals surface area contributed by atoms with E-state index in [1.54, 1.807) is 0 Å². The molecule has 0 unspecified atom stereocenters. The Balaban J connectivity index is 1.13. The van der Waals surface area contributed by atoms with E-state index in [1.807, 2.05) is 6.20 Å². The molecular weight excluding hydrogens is 388 g/mol. The van der Waals surface area contributed by atoms with E-state index in [9.17, 15) is 4.79 Å². The number of pyridine rings is 1. The van der Waals surface area contributed by atoms with E-state index in [1.165, 1.54) is 31.4 Å². The van der Waals surface area contributed by atoms with Crippen molar-refractivity contribution in [2.24, 2.45) is 11.8 Å². The molecule has 2 aliphatic heterocycles. The van der Waals surface area contributed by atoms with Crippen molar-refractivity contribution in [1.82, 2.24) is 15.2 Å². The summed E-state index contributed by atoms with van der Waals surface area (Å²) in [6.07, 6.45) is 10.7. The molecule has 6 heteroatoms. The van der Waals surface area contributed by atoms with Gasteiger partial charge in [0.25, 0.3) is 0 Å². The lowest BCUT2D eigenvalue weighted by molar-refractivity contribution is -0.122. The molecule has 1 aromatic rings. The normalized spacial score (nSPS) is 24.2. The predicted octanol–water partition coefficient (Wildman–Crippen LogP) is 3.64. The highest BCUT2D eigenvalue weighted by atomic mass is 16.5. The Morgan fingerprint density at radius 2 is 1.97 bits per heavy atom. The van der Waals surface area contributed by atoms with Crippen LogP contribution >= 0.6 is 0 Å². The number of fused-ring (bicyclic) bond motifs is 1. The predicted molar refractivity (Wildman–Crippen MR) is 125 cm³/mol. The lowest BCUT2D eigenvalue weighted by Gasteiger charge is -2.37. The fraction of sp³-hybridized carbons (Fsp3) is 0.760. The molecule has 1 aliphatic carbocycles. The number of piperazine rings is 1. The Kier molecular flexibility index (Phi) is 7.70. The van der Waals surface area contributed by atoms with Crippen LogP contribution in [0.1, 0.15) is 64.4 Å². The zero-order valence-corrected chi connectivity index (χ0v) is 19.4. The van der Waals surface area contributed by atoms with Gasteiger partial charge < -0.3 is 15.0 Å². The second-order valence-electron chi connectivity index (χ2n) is 10.1. The van der Waals surface area contributed by atoms with Crippen LogP contribution in [0.5, 0.6) is 5.75 Å². The zero-order valence-electron chi connectivity index (χ0n) is 19.4. The Bertz CT molecular complexity index is 722. The number of nitrogens with one attached hydrogen (secondary N) is 1. The number of aromatic nitrogens is 1. The first-order valence-electron chi connectivity index (χ1n) is 12.5. The first-order chi connectivity index (χ1) is 15.1. The number of ether oxygens (including phenoxy) is 1. The third-order valence-corrected chi connectivity index (χ3v) is 7.27. The molecule has 0 atom stereocenters. The van der Waals surface area contributed by atoms with E-state index in [0.717, 1.165) is 76.0 Å². The topological polar surface area (TPSA) is 57.7 Å². The first-order valence-corrected chi connectivity index (χ1v) is 12.5. The number of carbonyl (C=O) groups is 1. The quantitative estimate of drug-likeness (QED) is 0.685. The van der Waals surface area contributed by atoms with Crippen molar-refractivity contribution in [2.45, 2.75) is 71.3 Å². The summed E-state index contributed by atoms with van der Waals surface area (Å²) in [5.74, 6) is 3.72. The van der Waals surface area contributed by atoms with E-state index in [-0.39, 0.29) is 5.91 Å². The minimum Gasteiger partial charge on any atom is -0.489 e. The number of anilines is 1. The molecule has 3 aliphatic rings. The van der Waals surface area contributed by atoms with Crippen molar-refractivity contribution in [2.75, 3.05) is 44.2 Å². The smallest absolute Gasteiger partial charge is 0.220 e. The number of hydrogen-bond acceptors (Lipinski definition) is 5. The van der Waals surface area contributed by atoms with Crippen molar-refractivity contribution < 1.29 is 9.53 Å². The number of carbonyl (C=O) groups excluding carboxylic acids is 1. The second kappa shape index (κ2) is 10.7. The number of hydrogen-bond donors (Lipinski definition) is 1. The minimum atomic E-state index is 0.249. The van der Waals surface area contributed by atoms with Gasteiger partial charge in [0, 0.05) is 56.8 Å². The fourth-order valence-corrected chi connectivity index (χ4v) is 5.18. The van der Waals surface area contributed by atoms with Crippen molar-refractivity contribution in [3.8, 4) is 5.75 Å². The van der Waals surface area contributed by atoms with Gasteiger partial charge in [-0.05, 0) is 63.0 Å². The molecule has 1 amide bonds. The summed E-state index contributed by atoms with van der Waals surface area (Å²) >= 11 is 0. The summed E-state index contributed by atoms with van der Waals surface area (Å²) in [7, 11) is 0. The van der Waals surface area contributed by atoms with Crippen LogP contribution in [0.25, 0.3) is 0 Å². The summed E-state index contributed by atoms with van der Waals surface area (Å²) in [4.78, 5) is 21.7. The summed E-state index contributed by atoms with van der Waals surface area (Å²) in [5.41, 5.74) is 1.30. The molecule has 0 aromatic carbocycles. The molecule has 3 heterocycles. The van der Waals surface area contributed by atoms with E-state index in [2.05, 4.69) is 40.0 Å². The van der Waals surface area contributed by atoms with Gasteiger partial charge in [-0.15, -0.1) is 0 Å². The molecule has 2 fully saturated rings. The van der Waals surface area contributed by atoms with Crippen LogP contribution in [0.4, 0.5) is 5.82 Å². The number of nitrogens with zero attached hydrogens (tertiary/aromatic N) is 3. The van der Waals surface area contributed by atoms with Gasteiger partial charge >= 0.3 is 0 Å². The van der Waals surface area contributed by atoms with Gasteiger partial charge in [-0.25, -0.2) is 4.98 Å². The van der Waals surface area contributed by atoms with Crippen molar-refractivity contribution in [3.05, 3.63) is 17.8 Å². The molecule has 1 aromatic heterocycles. The highest BCUT2D eigenvalue weighted by molar-refractivity contribution is 5.76. The third-order valence-electron chi connectivity index (χ3n) is 7.27. The molecule has 172 valence electrons. The van der Waals surface area contributed by atoms with Gasteiger partial charge in [-0.1, -0.05) is 13.8 Å². The van der Waals surface area contributed by atoms with Crippen LogP contribution in [0.15, 0.2) is 12.3 Å². The summed E-state index contributed by atoms with van der Waals surface area (Å²) in [6.45, 7) is 10.6. The molecule has 6 nitrogen and oxygen atoms in total. The van der Waals surface area contributed by atoms with E-state index in [0.29, 0.717) is 18.4 Å². The van der Waals surface area contributed by atoms with Gasteiger partial charge in [-0.3, -0.25) is 9.69 Å². The second-order valence-corrected chi connectivity index (χ2v) is 10.1. The summed E-state index contributed by atoms with van der Waals surface area (Å²) < 4.78 is 5.85. The van der Waals surface area contributed by atoms with Crippen molar-refractivity contribution >= 4 is 11.7 Å². The number of amides is 1. The monoisotopic (exact) mass is 428 g/mol. The van der Waals surface area contributed by atoms with E-state index >= 15 is 0 Å². The lowest BCUT2D eigenvalue weighted by atomic mass is 9.84. The average Bonchev–Trinajstić information content (AvgIpc) is 3.27. The van der Waals surface area contributed by atoms with Crippen LogP contribution in [0.2, 0.25) is 0 Å². The molecule has 0 spiro atoms. The molecule has 4 rings (SSSR count). The maximum Gasteiger partial charge on any atom is 0.220 e. The Labute approximate surface area is 187 Å². The van der Waals surface area contributed by atoms with Crippen molar-refractivity contribution in [1.29, 1.82) is 0 Å². The van der Waals surface area contributed by atoms with Gasteiger partial charge in [0.15, 0.2) is 11.6 Å². The summed E-state index contributed by atoms with van der Waals surface area (Å²) in [5, 5.41) is 3.27. The lowest BCUT2D eigenvalue weighted by Crippen LogP contribution is -2.47. The van der Waals surface area contributed by atoms with E-state index < -0.39 is 0 Å². The van der Waals surface area contributed by atoms with Crippen LogP contribution in [0.3, 0.4) is 0 Å². The van der Waals surface area contributed by atoms with Gasteiger partial charge in [-0.2, -0.15) is 0 Å². The standard InChI is InChI=1S/C25H40N4O2/c1-19(2)3-8-23(30)27-22-6-4-20(5-7-22)10-13-28-14-16-29(17-15-28)25-24-21(9-12-26-25)11-18-31-24/h9,12,19-20,22H,3-8,10-11,13-18H2,1-2H3,(H,27,30)/t20-,22-. The third kappa shape index (κ3) is 6.12. The average molecular weight is 429 g/mol. The first kappa shape index (κ1) is 22.4. The molecule has 1 saturated heterocycles. The molecule has 1 N–H and O–H groups in total. The highest BCUT2D eigenvalue weighted by Gasteiger charge is 2.26. The molecule has 1 saturated carbocycles. The highest BCUT2D eigenvalue weighted by Crippen LogP contribution is 2.34. The van der Waals surface area contributed by atoms with Gasteiger partial charge in [0.05, 0.1) is 6.61 Å². The molecule has 0 radical (unpaired) electrons. The van der Waals surface area contributed by atoms with Gasteiger partial charge in [0.1, 0.15) is 0 Å². The van der Waals surface area contributed by atoms with Gasteiger partial charge in [0.2, 0.25) is 5.91 Å². The minimum absolute atomic E-state index is 0.249. The summed E-state index contributed by atoms with van der Waals surface area (Å²) in [6, 6.07) is 2.50. The van der Waals surface area contributed by atoms with Crippen LogP contribution < -0.4 is 15.0 Å². The fourth-order valence-electron chi connectivity index (χ4n) is 5.18. The van der Waals surface area contributed by atoms with Crippen LogP contribution in [0, 0.1) is 11.8 Å².